The van der Waals surface area contributed by atoms with E-state index in [1.165, 1.54) is 10.8 Å². The Morgan fingerprint density at radius 3 is 1.93 bits per heavy atom. The van der Waals surface area contributed by atoms with E-state index in [0.717, 1.165) is 11.4 Å². The van der Waals surface area contributed by atoms with Gasteiger partial charge < -0.3 is 11.5 Å². The molecule has 0 saturated carbocycles. The van der Waals surface area contributed by atoms with Crippen molar-refractivity contribution in [3.8, 4) is 0 Å². The second-order valence-electron chi connectivity index (χ2n) is 3.55. The molecule has 1 heterocycles. The third-order valence-electron chi connectivity index (χ3n) is 2.56. The van der Waals surface area contributed by atoms with Gasteiger partial charge in [0.15, 0.2) is 0 Å². The minimum atomic E-state index is 0.0708. The maximum atomic E-state index is 5.39. The number of benzene rings is 1. The molecule has 1 aromatic carbocycles. The normalized spacial score (nSPS) is 10.5. The van der Waals surface area contributed by atoms with Gasteiger partial charge in [-0.15, -0.1) is 5.10 Å². The molecule has 1 aromatic heterocycles. The molecule has 0 saturated heterocycles. The topological polar surface area (TPSA) is 69.3 Å². The predicted octanol–water partition coefficient (Wildman–Crippen LogP) is 1.29. The molecule has 4 heteroatoms. The van der Waals surface area contributed by atoms with E-state index >= 15 is 0 Å². The Morgan fingerprint density at radius 2 is 1.53 bits per heavy atom. The molecule has 0 fully saturated rings. The predicted molar refractivity (Wildman–Crippen MR) is 62.6 cm³/mol. The van der Waals surface area contributed by atoms with Gasteiger partial charge in [-0.05, 0) is 13.8 Å². The quantitative estimate of drug-likeness (QED) is 0.540. The van der Waals surface area contributed by atoms with E-state index in [1.807, 2.05) is 26.0 Å². The van der Waals surface area contributed by atoms with Gasteiger partial charge >= 0.3 is 0 Å². The zero-order valence-electron chi connectivity index (χ0n) is 8.86. The molecule has 0 bridgehead atoms. The summed E-state index contributed by atoms with van der Waals surface area (Å²) in [6.07, 6.45) is 0. The fourth-order valence-corrected chi connectivity index (χ4v) is 1.86. The Morgan fingerprint density at radius 1 is 1.07 bits per heavy atom. The molecule has 78 valence electrons. The lowest BCUT2D eigenvalue weighted by Gasteiger charge is -2.01. The van der Waals surface area contributed by atoms with Crippen LogP contribution in [0.15, 0.2) is 29.4 Å². The summed E-state index contributed by atoms with van der Waals surface area (Å²) in [5.41, 5.74) is 12.9. The minimum Gasteiger partial charge on any atom is -0.369 e. The standard InChI is InChI=1S/C11H14N4/c1-7-9-5-3-4-6-10(9)8(2)15(7)14-11(12)13/h3-6H,1-2H3,(H4,12,13,14). The van der Waals surface area contributed by atoms with Gasteiger partial charge in [-0.3, -0.25) is 0 Å². The highest BCUT2D eigenvalue weighted by atomic mass is 15.4. The highest BCUT2D eigenvalue weighted by Crippen LogP contribution is 2.24. The first-order chi connectivity index (χ1) is 7.11. The highest BCUT2D eigenvalue weighted by Gasteiger charge is 2.09. The van der Waals surface area contributed by atoms with Crippen LogP contribution >= 0.6 is 0 Å². The number of hydrogen-bond donors (Lipinski definition) is 2. The smallest absolute Gasteiger partial charge is 0.209 e. The van der Waals surface area contributed by atoms with Crippen molar-refractivity contribution in [1.29, 1.82) is 0 Å². The average molecular weight is 202 g/mol. The van der Waals surface area contributed by atoms with Crippen LogP contribution < -0.4 is 11.5 Å². The lowest BCUT2D eigenvalue weighted by Crippen LogP contribution is -2.24. The van der Waals surface area contributed by atoms with Crippen molar-refractivity contribution in [3.63, 3.8) is 0 Å². The van der Waals surface area contributed by atoms with Crippen LogP contribution in [0.4, 0.5) is 0 Å². The molecule has 15 heavy (non-hydrogen) atoms. The summed E-state index contributed by atoms with van der Waals surface area (Å²) in [5, 5.41) is 6.45. The van der Waals surface area contributed by atoms with Crippen LogP contribution in [0.1, 0.15) is 11.4 Å². The molecule has 0 radical (unpaired) electrons. The fraction of sp³-hybridized carbons (Fsp3) is 0.182. The summed E-state index contributed by atoms with van der Waals surface area (Å²) in [6, 6.07) is 8.15. The van der Waals surface area contributed by atoms with Crippen molar-refractivity contribution < 1.29 is 0 Å². The van der Waals surface area contributed by atoms with Crippen LogP contribution in [-0.4, -0.2) is 10.6 Å². The minimum absolute atomic E-state index is 0.0708. The molecule has 0 atom stereocenters. The molecule has 0 aliphatic heterocycles. The van der Waals surface area contributed by atoms with Crippen molar-refractivity contribution in [1.82, 2.24) is 4.68 Å². The molecule has 0 aliphatic rings. The number of aryl methyl sites for hydroxylation is 2. The molecule has 2 aromatic rings. The molecular formula is C11H14N4. The number of aromatic nitrogens is 1. The Kier molecular flexibility index (Phi) is 2.11. The van der Waals surface area contributed by atoms with E-state index in [2.05, 4.69) is 17.2 Å². The lowest BCUT2D eigenvalue weighted by molar-refractivity contribution is 0.814. The maximum absolute atomic E-state index is 5.39. The van der Waals surface area contributed by atoms with Crippen LogP contribution in [0.2, 0.25) is 0 Å². The van der Waals surface area contributed by atoms with Crippen molar-refractivity contribution in [2.24, 2.45) is 16.6 Å². The Labute approximate surface area is 88.2 Å². The number of hydrogen-bond acceptors (Lipinski definition) is 1. The molecular weight excluding hydrogens is 188 g/mol. The molecule has 0 spiro atoms. The van der Waals surface area contributed by atoms with E-state index < -0.39 is 0 Å². The van der Waals surface area contributed by atoms with Crippen LogP contribution in [0.25, 0.3) is 10.8 Å². The Balaban J connectivity index is 2.81. The van der Waals surface area contributed by atoms with Gasteiger partial charge in [0.2, 0.25) is 5.96 Å². The van der Waals surface area contributed by atoms with Gasteiger partial charge in [0.25, 0.3) is 0 Å². The van der Waals surface area contributed by atoms with Gasteiger partial charge in [-0.25, -0.2) is 4.68 Å². The number of nitrogens with two attached hydrogens (primary N) is 2. The summed E-state index contributed by atoms with van der Waals surface area (Å²) in [5.74, 6) is 0.0708. The molecule has 4 N–H and O–H groups in total. The second-order valence-corrected chi connectivity index (χ2v) is 3.55. The SMILES string of the molecule is Cc1c2ccccc2c(C)n1N=C(N)N. The molecule has 2 rings (SSSR count). The van der Waals surface area contributed by atoms with Crippen LogP contribution in [-0.2, 0) is 0 Å². The monoisotopic (exact) mass is 202 g/mol. The summed E-state index contributed by atoms with van der Waals surface area (Å²) >= 11 is 0. The van der Waals surface area contributed by atoms with Crippen molar-refractivity contribution in [3.05, 3.63) is 35.7 Å². The van der Waals surface area contributed by atoms with Crippen LogP contribution in [0.3, 0.4) is 0 Å². The molecule has 0 aliphatic carbocycles. The maximum Gasteiger partial charge on any atom is 0.209 e. The first kappa shape index (κ1) is 9.58. The van der Waals surface area contributed by atoms with Crippen LogP contribution in [0.5, 0.6) is 0 Å². The van der Waals surface area contributed by atoms with E-state index in [-0.39, 0.29) is 5.96 Å². The van der Waals surface area contributed by atoms with E-state index in [9.17, 15) is 0 Å². The third-order valence-corrected chi connectivity index (χ3v) is 2.56. The summed E-state index contributed by atoms with van der Waals surface area (Å²) in [4.78, 5) is 0. The number of guanidine groups is 1. The molecule has 4 nitrogen and oxygen atoms in total. The van der Waals surface area contributed by atoms with Gasteiger partial charge in [0.05, 0.1) is 0 Å². The van der Waals surface area contributed by atoms with Crippen LogP contribution in [0, 0.1) is 13.8 Å². The summed E-state index contributed by atoms with van der Waals surface area (Å²) in [6.45, 7) is 4.00. The average Bonchev–Trinajstić information content (AvgIpc) is 2.44. The first-order valence-electron chi connectivity index (χ1n) is 4.78. The summed E-state index contributed by atoms with van der Waals surface area (Å²) in [7, 11) is 0. The Bertz CT molecular complexity index is 494. The second kappa shape index (κ2) is 3.31. The third kappa shape index (κ3) is 1.44. The number of nitrogens with zero attached hydrogens (tertiary/aromatic N) is 2. The Hall–Kier alpha value is -1.97. The van der Waals surface area contributed by atoms with Gasteiger partial charge in [-0.2, -0.15) is 0 Å². The molecule has 0 amide bonds. The van der Waals surface area contributed by atoms with E-state index in [4.69, 9.17) is 11.5 Å². The number of fused-ring (bicyclic) bond motifs is 1. The van der Waals surface area contributed by atoms with Gasteiger partial charge in [0.1, 0.15) is 0 Å². The highest BCUT2D eigenvalue weighted by molar-refractivity contribution is 5.88. The molecule has 0 unspecified atom stereocenters. The zero-order chi connectivity index (χ0) is 11.0. The van der Waals surface area contributed by atoms with Gasteiger partial charge in [-0.1, -0.05) is 24.3 Å². The number of rotatable bonds is 1. The lowest BCUT2D eigenvalue weighted by atomic mass is 10.1. The van der Waals surface area contributed by atoms with E-state index in [1.54, 1.807) is 4.68 Å². The van der Waals surface area contributed by atoms with E-state index in [0.29, 0.717) is 0 Å². The van der Waals surface area contributed by atoms with Crippen molar-refractivity contribution in [2.75, 3.05) is 0 Å². The fourth-order valence-electron chi connectivity index (χ4n) is 1.86. The van der Waals surface area contributed by atoms with Gasteiger partial charge in [0, 0.05) is 22.2 Å². The zero-order valence-corrected chi connectivity index (χ0v) is 8.86. The summed E-state index contributed by atoms with van der Waals surface area (Å²) < 4.78 is 1.78. The first-order valence-corrected chi connectivity index (χ1v) is 4.78. The van der Waals surface area contributed by atoms with Crippen molar-refractivity contribution in [2.45, 2.75) is 13.8 Å². The largest absolute Gasteiger partial charge is 0.369 e. The van der Waals surface area contributed by atoms with Crippen molar-refractivity contribution >= 4 is 16.7 Å².